The lowest BCUT2D eigenvalue weighted by molar-refractivity contribution is -0.174. The fraction of sp³-hybridized carbons (Fsp3) is 0.467. The molecule has 8 heteroatoms. The fourth-order valence-electron chi connectivity index (χ4n) is 2.36. The number of alkyl halides is 3. The Morgan fingerprint density at radius 2 is 1.65 bits per heavy atom. The topological polar surface area (TPSA) is 52.7 Å². The molecule has 0 bridgehead atoms. The largest absolute Gasteiger partial charge is 0.471 e. The number of hydrogen-bond donors (Lipinski definition) is 1. The van der Waals surface area contributed by atoms with Crippen molar-refractivity contribution in [3.63, 3.8) is 0 Å². The van der Waals surface area contributed by atoms with Gasteiger partial charge in [0.25, 0.3) is 0 Å². The first kappa shape index (κ1) is 17.3. The van der Waals surface area contributed by atoms with Crippen LogP contribution in [0.15, 0.2) is 30.3 Å². The fourth-order valence-corrected chi connectivity index (χ4v) is 2.36. The van der Waals surface area contributed by atoms with E-state index >= 15 is 0 Å². The van der Waals surface area contributed by atoms with Gasteiger partial charge >= 0.3 is 12.1 Å². The first-order chi connectivity index (χ1) is 10.9. The molecule has 0 spiro atoms. The number of piperazine rings is 1. The normalized spacial score (nSPS) is 16.2. The van der Waals surface area contributed by atoms with Crippen molar-refractivity contribution in [2.24, 2.45) is 0 Å². The van der Waals surface area contributed by atoms with Crippen LogP contribution < -0.4 is 5.32 Å². The van der Waals surface area contributed by atoms with Crippen LogP contribution in [-0.2, 0) is 16.1 Å². The number of rotatable bonds is 4. The number of amides is 2. The van der Waals surface area contributed by atoms with Crippen LogP contribution in [0.3, 0.4) is 0 Å². The average molecular weight is 329 g/mol. The number of carbonyl (C=O) groups is 2. The van der Waals surface area contributed by atoms with Crippen LogP contribution in [0.1, 0.15) is 5.56 Å². The average Bonchev–Trinajstić information content (AvgIpc) is 2.53. The molecule has 1 saturated heterocycles. The first-order valence-electron chi connectivity index (χ1n) is 7.25. The van der Waals surface area contributed by atoms with Gasteiger partial charge in [-0.1, -0.05) is 30.3 Å². The Kier molecular flexibility index (Phi) is 5.59. The zero-order chi connectivity index (χ0) is 16.9. The lowest BCUT2D eigenvalue weighted by Gasteiger charge is -2.34. The summed E-state index contributed by atoms with van der Waals surface area (Å²) in [7, 11) is 0. The van der Waals surface area contributed by atoms with Gasteiger partial charge in [-0.25, -0.2) is 0 Å². The van der Waals surface area contributed by atoms with Crippen LogP contribution in [0.4, 0.5) is 13.2 Å². The molecule has 0 saturated carbocycles. The van der Waals surface area contributed by atoms with Crippen molar-refractivity contribution < 1.29 is 22.8 Å². The predicted molar refractivity (Wildman–Crippen MR) is 77.4 cm³/mol. The van der Waals surface area contributed by atoms with Gasteiger partial charge in [0.2, 0.25) is 5.91 Å². The number of nitrogens with zero attached hydrogens (tertiary/aromatic N) is 2. The van der Waals surface area contributed by atoms with Gasteiger partial charge in [-0.05, 0) is 5.56 Å². The molecule has 5 nitrogen and oxygen atoms in total. The Bertz CT molecular complexity index is 541. The highest BCUT2D eigenvalue weighted by Crippen LogP contribution is 2.14. The van der Waals surface area contributed by atoms with Crippen molar-refractivity contribution in [1.82, 2.24) is 15.1 Å². The summed E-state index contributed by atoms with van der Waals surface area (Å²) in [6.07, 6.45) is -4.96. The second-order valence-corrected chi connectivity index (χ2v) is 5.32. The maximum Gasteiger partial charge on any atom is 0.471 e. The van der Waals surface area contributed by atoms with E-state index in [1.165, 1.54) is 10.5 Å². The van der Waals surface area contributed by atoms with Crippen LogP contribution in [0.5, 0.6) is 0 Å². The standard InChI is InChI=1S/C15H18F3N3O2/c16-15(17,18)14(23)19-10-13(22)21-8-6-20(7-9-21)11-12-4-2-1-3-5-12/h1-5H,6-11H2,(H,19,23). The minimum absolute atomic E-state index is 0.438. The molecule has 1 fully saturated rings. The van der Waals surface area contributed by atoms with E-state index in [4.69, 9.17) is 0 Å². The van der Waals surface area contributed by atoms with E-state index < -0.39 is 24.5 Å². The van der Waals surface area contributed by atoms with Gasteiger partial charge in [0.15, 0.2) is 0 Å². The van der Waals surface area contributed by atoms with Crippen molar-refractivity contribution in [3.05, 3.63) is 35.9 Å². The number of carbonyl (C=O) groups excluding carboxylic acids is 2. The minimum Gasteiger partial charge on any atom is -0.339 e. The van der Waals surface area contributed by atoms with Crippen molar-refractivity contribution >= 4 is 11.8 Å². The molecule has 23 heavy (non-hydrogen) atoms. The van der Waals surface area contributed by atoms with Gasteiger partial charge in [-0.3, -0.25) is 14.5 Å². The van der Waals surface area contributed by atoms with Crippen LogP contribution in [0.2, 0.25) is 0 Å². The van der Waals surface area contributed by atoms with Gasteiger partial charge in [0.1, 0.15) is 0 Å². The van der Waals surface area contributed by atoms with Crippen molar-refractivity contribution in [2.45, 2.75) is 12.7 Å². The molecule has 1 aromatic carbocycles. The summed E-state index contributed by atoms with van der Waals surface area (Å²) in [5.74, 6) is -2.59. The highest BCUT2D eigenvalue weighted by Gasteiger charge is 2.38. The monoisotopic (exact) mass is 329 g/mol. The summed E-state index contributed by atoms with van der Waals surface area (Å²) < 4.78 is 36.2. The lowest BCUT2D eigenvalue weighted by atomic mass is 10.2. The molecule has 126 valence electrons. The van der Waals surface area contributed by atoms with Crippen molar-refractivity contribution in [3.8, 4) is 0 Å². The van der Waals surface area contributed by atoms with E-state index in [-0.39, 0.29) is 0 Å². The smallest absolute Gasteiger partial charge is 0.339 e. The second kappa shape index (κ2) is 7.45. The maximum atomic E-state index is 12.1. The van der Waals surface area contributed by atoms with E-state index in [0.29, 0.717) is 26.2 Å². The SMILES string of the molecule is O=C(CNC(=O)C(F)(F)F)N1CCN(Cc2ccccc2)CC1. The number of nitrogens with one attached hydrogen (secondary N) is 1. The van der Waals surface area contributed by atoms with E-state index in [0.717, 1.165) is 6.54 Å². The number of hydrogen-bond acceptors (Lipinski definition) is 3. The lowest BCUT2D eigenvalue weighted by Crippen LogP contribution is -2.51. The molecule has 1 aliphatic rings. The van der Waals surface area contributed by atoms with E-state index in [9.17, 15) is 22.8 Å². The van der Waals surface area contributed by atoms with Gasteiger partial charge in [-0.2, -0.15) is 13.2 Å². The third-order valence-corrected chi connectivity index (χ3v) is 3.63. The van der Waals surface area contributed by atoms with Gasteiger partial charge < -0.3 is 10.2 Å². The molecule has 0 aromatic heterocycles. The highest BCUT2D eigenvalue weighted by atomic mass is 19.4. The summed E-state index contributed by atoms with van der Waals surface area (Å²) in [5, 5.41) is 1.60. The molecule has 1 aliphatic heterocycles. The molecule has 1 aromatic rings. The molecule has 2 amide bonds. The molecule has 1 N–H and O–H groups in total. The predicted octanol–water partition coefficient (Wildman–Crippen LogP) is 1.01. The van der Waals surface area contributed by atoms with Crippen LogP contribution in [-0.4, -0.2) is 60.5 Å². The Labute approximate surface area is 132 Å². The summed E-state index contributed by atoms with van der Waals surface area (Å²) >= 11 is 0. The van der Waals surface area contributed by atoms with Crippen molar-refractivity contribution in [1.29, 1.82) is 0 Å². The number of benzene rings is 1. The Hall–Kier alpha value is -2.09. The van der Waals surface area contributed by atoms with Gasteiger partial charge in [0, 0.05) is 32.7 Å². The van der Waals surface area contributed by atoms with Gasteiger partial charge in [0.05, 0.1) is 6.54 Å². The van der Waals surface area contributed by atoms with Crippen LogP contribution in [0.25, 0.3) is 0 Å². The molecule has 0 radical (unpaired) electrons. The van der Waals surface area contributed by atoms with Gasteiger partial charge in [-0.15, -0.1) is 0 Å². The summed E-state index contributed by atoms with van der Waals surface area (Å²) in [6, 6.07) is 9.89. The quantitative estimate of drug-likeness (QED) is 0.897. The summed E-state index contributed by atoms with van der Waals surface area (Å²) in [6.45, 7) is 2.31. The summed E-state index contributed by atoms with van der Waals surface area (Å²) in [4.78, 5) is 26.2. The van der Waals surface area contributed by atoms with E-state index in [2.05, 4.69) is 4.90 Å². The Morgan fingerprint density at radius 1 is 1.04 bits per heavy atom. The molecule has 0 aliphatic carbocycles. The third kappa shape index (κ3) is 5.24. The molecule has 1 heterocycles. The zero-order valence-corrected chi connectivity index (χ0v) is 12.5. The van der Waals surface area contributed by atoms with Crippen LogP contribution >= 0.6 is 0 Å². The van der Waals surface area contributed by atoms with E-state index in [1.807, 2.05) is 30.3 Å². The van der Waals surface area contributed by atoms with Crippen LogP contribution in [0, 0.1) is 0 Å². The second-order valence-electron chi connectivity index (χ2n) is 5.32. The third-order valence-electron chi connectivity index (χ3n) is 3.63. The number of halogens is 3. The Balaban J connectivity index is 1.73. The molecule has 0 unspecified atom stereocenters. The molecular formula is C15H18F3N3O2. The maximum absolute atomic E-state index is 12.1. The Morgan fingerprint density at radius 3 is 2.22 bits per heavy atom. The zero-order valence-electron chi connectivity index (χ0n) is 12.5. The first-order valence-corrected chi connectivity index (χ1v) is 7.25. The molecule has 0 atom stereocenters. The molecular weight excluding hydrogens is 311 g/mol. The van der Waals surface area contributed by atoms with E-state index in [1.54, 1.807) is 5.32 Å². The minimum atomic E-state index is -4.96. The summed E-state index contributed by atoms with van der Waals surface area (Å²) in [5.41, 5.74) is 1.17. The molecule has 2 rings (SSSR count). The highest BCUT2D eigenvalue weighted by molar-refractivity contribution is 5.87. The van der Waals surface area contributed by atoms with Crippen molar-refractivity contribution in [2.75, 3.05) is 32.7 Å².